The Morgan fingerprint density at radius 2 is 0.882 bits per heavy atom. The van der Waals surface area contributed by atoms with Gasteiger partial charge in [0.2, 0.25) is 0 Å². The standard InChI is InChI=1S/C48H39N3/c1-47(2)40-22-11-10-21-36(40)38-30-43-39(29-41(38)47)37-24-23-34(28-42(37)48(43)25-12-5-13-26-48)33-19-14-20-35(27-33)46-50-44(31-15-6-3-7-16-31)49-45(51-46)32-17-8-4-9-18-32/h3-4,6-11,14-24,27-30H,5,12-13,25-26H2,1-2H3. The Balaban J connectivity index is 1.09. The van der Waals surface area contributed by atoms with Crippen molar-refractivity contribution in [2.45, 2.75) is 56.8 Å². The topological polar surface area (TPSA) is 38.7 Å². The summed E-state index contributed by atoms with van der Waals surface area (Å²) >= 11 is 0. The van der Waals surface area contributed by atoms with E-state index < -0.39 is 0 Å². The third-order valence-corrected chi connectivity index (χ3v) is 11.9. The monoisotopic (exact) mass is 657 g/mol. The van der Waals surface area contributed by atoms with Crippen molar-refractivity contribution >= 4 is 0 Å². The van der Waals surface area contributed by atoms with Gasteiger partial charge in [-0.15, -0.1) is 0 Å². The van der Waals surface area contributed by atoms with E-state index in [0.29, 0.717) is 17.5 Å². The predicted octanol–water partition coefficient (Wildman–Crippen LogP) is 12.1. The lowest BCUT2D eigenvalue weighted by Gasteiger charge is -2.36. The third kappa shape index (κ3) is 4.68. The molecule has 0 bridgehead atoms. The van der Waals surface area contributed by atoms with E-state index in [9.17, 15) is 0 Å². The summed E-state index contributed by atoms with van der Waals surface area (Å²) in [6.45, 7) is 4.79. The van der Waals surface area contributed by atoms with Crippen molar-refractivity contribution < 1.29 is 0 Å². The van der Waals surface area contributed by atoms with Crippen molar-refractivity contribution in [1.29, 1.82) is 0 Å². The average molecular weight is 658 g/mol. The van der Waals surface area contributed by atoms with E-state index in [2.05, 4.69) is 117 Å². The summed E-state index contributed by atoms with van der Waals surface area (Å²) in [5, 5.41) is 0. The van der Waals surface area contributed by atoms with Crippen molar-refractivity contribution in [2.24, 2.45) is 0 Å². The maximum Gasteiger partial charge on any atom is 0.164 e. The van der Waals surface area contributed by atoms with Gasteiger partial charge in [0, 0.05) is 27.5 Å². The SMILES string of the molecule is CC1(C)c2ccccc2-c2cc3c(cc21)-c1ccc(-c2cccc(-c4nc(-c5ccccc5)nc(-c5ccccc5)n4)c2)cc1C31CCCCC1. The van der Waals surface area contributed by atoms with Gasteiger partial charge in [0.15, 0.2) is 17.5 Å². The van der Waals surface area contributed by atoms with Gasteiger partial charge in [-0.25, -0.2) is 15.0 Å². The molecule has 1 fully saturated rings. The Labute approximate surface area is 300 Å². The van der Waals surface area contributed by atoms with Crippen molar-refractivity contribution in [3.63, 3.8) is 0 Å². The zero-order valence-corrected chi connectivity index (χ0v) is 29.2. The molecule has 3 heteroatoms. The van der Waals surface area contributed by atoms with Crippen LogP contribution in [-0.4, -0.2) is 15.0 Å². The van der Waals surface area contributed by atoms with Crippen LogP contribution in [-0.2, 0) is 10.8 Å². The number of nitrogens with zero attached hydrogens (tertiary/aromatic N) is 3. The van der Waals surface area contributed by atoms with Crippen LogP contribution in [0, 0.1) is 0 Å². The first-order chi connectivity index (χ1) is 25.0. The van der Waals surface area contributed by atoms with E-state index in [-0.39, 0.29) is 10.8 Å². The van der Waals surface area contributed by atoms with Crippen LogP contribution < -0.4 is 0 Å². The molecular formula is C48H39N3. The zero-order chi connectivity index (χ0) is 34.2. The fourth-order valence-corrected chi connectivity index (χ4v) is 9.34. The van der Waals surface area contributed by atoms with Gasteiger partial charge in [-0.1, -0.05) is 148 Å². The number of fused-ring (bicyclic) bond motifs is 8. The van der Waals surface area contributed by atoms with Gasteiger partial charge in [0.05, 0.1) is 0 Å². The van der Waals surface area contributed by atoms with Gasteiger partial charge in [-0.2, -0.15) is 0 Å². The number of aromatic nitrogens is 3. The summed E-state index contributed by atoms with van der Waals surface area (Å²) in [4.78, 5) is 15.0. The Bertz CT molecular complexity index is 2410. The lowest BCUT2D eigenvalue weighted by atomic mass is 9.67. The minimum absolute atomic E-state index is 0.0143. The summed E-state index contributed by atoms with van der Waals surface area (Å²) < 4.78 is 0. The first-order valence-electron chi connectivity index (χ1n) is 18.4. The molecule has 0 N–H and O–H groups in total. The number of hydrogen-bond donors (Lipinski definition) is 0. The van der Waals surface area contributed by atoms with E-state index in [1.807, 2.05) is 36.4 Å². The average Bonchev–Trinajstić information content (AvgIpc) is 3.58. The predicted molar refractivity (Wildman–Crippen MR) is 208 cm³/mol. The highest BCUT2D eigenvalue weighted by atomic mass is 15.0. The second kappa shape index (κ2) is 11.4. The van der Waals surface area contributed by atoms with Gasteiger partial charge in [0.25, 0.3) is 0 Å². The molecule has 0 amide bonds. The van der Waals surface area contributed by atoms with Crippen LogP contribution in [0.25, 0.3) is 67.5 Å². The van der Waals surface area contributed by atoms with Gasteiger partial charge in [-0.05, 0) is 92.7 Å². The molecule has 0 saturated heterocycles. The van der Waals surface area contributed by atoms with Crippen molar-refractivity contribution in [2.75, 3.05) is 0 Å². The van der Waals surface area contributed by atoms with Crippen LogP contribution in [0.5, 0.6) is 0 Å². The molecule has 10 rings (SSSR count). The number of hydrogen-bond acceptors (Lipinski definition) is 3. The van der Waals surface area contributed by atoms with Gasteiger partial charge >= 0.3 is 0 Å². The van der Waals surface area contributed by atoms with Gasteiger partial charge < -0.3 is 0 Å². The highest BCUT2D eigenvalue weighted by Crippen LogP contribution is 2.60. The first kappa shape index (κ1) is 30.2. The molecule has 0 radical (unpaired) electrons. The molecule has 3 aliphatic rings. The Kier molecular flexibility index (Phi) is 6.76. The fraction of sp³-hybridized carbons (Fsp3) is 0.188. The van der Waals surface area contributed by atoms with Crippen LogP contribution in [0.4, 0.5) is 0 Å². The maximum atomic E-state index is 5.02. The van der Waals surface area contributed by atoms with E-state index >= 15 is 0 Å². The van der Waals surface area contributed by atoms with Crippen LogP contribution in [0.15, 0.2) is 140 Å². The smallest absolute Gasteiger partial charge is 0.164 e. The molecule has 1 heterocycles. The molecule has 1 saturated carbocycles. The van der Waals surface area contributed by atoms with Crippen molar-refractivity contribution in [3.8, 4) is 67.5 Å². The molecule has 0 unspecified atom stereocenters. The molecule has 3 nitrogen and oxygen atoms in total. The molecule has 0 atom stereocenters. The molecule has 0 aliphatic heterocycles. The molecule has 7 aromatic rings. The van der Waals surface area contributed by atoms with Crippen LogP contribution in [0.1, 0.15) is 68.2 Å². The summed E-state index contributed by atoms with van der Waals surface area (Å²) in [6.07, 6.45) is 6.26. The maximum absolute atomic E-state index is 5.02. The minimum Gasteiger partial charge on any atom is -0.208 e. The molecule has 1 aromatic heterocycles. The Morgan fingerprint density at radius 1 is 0.373 bits per heavy atom. The lowest BCUT2D eigenvalue weighted by Crippen LogP contribution is -2.28. The Morgan fingerprint density at radius 3 is 1.59 bits per heavy atom. The molecule has 3 aliphatic carbocycles. The number of benzene rings is 6. The summed E-state index contributed by atoms with van der Waals surface area (Å²) in [5.41, 5.74) is 17.0. The van der Waals surface area contributed by atoms with E-state index in [0.717, 1.165) is 16.7 Å². The fourth-order valence-electron chi connectivity index (χ4n) is 9.34. The van der Waals surface area contributed by atoms with E-state index in [4.69, 9.17) is 15.0 Å². The second-order valence-corrected chi connectivity index (χ2v) is 15.1. The van der Waals surface area contributed by atoms with Gasteiger partial charge in [-0.3, -0.25) is 0 Å². The summed E-state index contributed by atoms with van der Waals surface area (Å²) in [5.74, 6) is 2.04. The molecule has 246 valence electrons. The highest BCUT2D eigenvalue weighted by Gasteiger charge is 2.46. The quantitative estimate of drug-likeness (QED) is 0.189. The van der Waals surface area contributed by atoms with Gasteiger partial charge in [0.1, 0.15) is 0 Å². The van der Waals surface area contributed by atoms with Crippen molar-refractivity contribution in [1.82, 2.24) is 15.0 Å². The first-order valence-corrected chi connectivity index (χ1v) is 18.4. The normalized spacial score (nSPS) is 16.0. The number of rotatable bonds is 4. The molecule has 51 heavy (non-hydrogen) atoms. The van der Waals surface area contributed by atoms with Crippen LogP contribution in [0.3, 0.4) is 0 Å². The van der Waals surface area contributed by atoms with E-state index in [1.165, 1.54) is 82.2 Å². The highest BCUT2D eigenvalue weighted by molar-refractivity contribution is 5.91. The minimum atomic E-state index is -0.0143. The van der Waals surface area contributed by atoms with Crippen LogP contribution in [0.2, 0.25) is 0 Å². The Hall–Kier alpha value is -5.67. The molecule has 1 spiro atoms. The summed E-state index contributed by atoms with van der Waals surface area (Å²) in [7, 11) is 0. The zero-order valence-electron chi connectivity index (χ0n) is 29.2. The van der Waals surface area contributed by atoms with Crippen LogP contribution >= 0.6 is 0 Å². The second-order valence-electron chi connectivity index (χ2n) is 15.1. The van der Waals surface area contributed by atoms with Crippen molar-refractivity contribution in [3.05, 3.63) is 162 Å². The lowest BCUT2D eigenvalue weighted by molar-refractivity contribution is 0.353. The summed E-state index contributed by atoms with van der Waals surface area (Å²) in [6, 6.07) is 50.6. The molecular weight excluding hydrogens is 619 g/mol. The third-order valence-electron chi connectivity index (χ3n) is 11.9. The largest absolute Gasteiger partial charge is 0.208 e. The molecule has 6 aromatic carbocycles. The van der Waals surface area contributed by atoms with E-state index in [1.54, 1.807) is 5.56 Å².